The van der Waals surface area contributed by atoms with E-state index < -0.39 is 0 Å². The first-order valence-corrected chi connectivity index (χ1v) is 8.03. The van der Waals surface area contributed by atoms with Crippen molar-refractivity contribution < 1.29 is 0 Å². The van der Waals surface area contributed by atoms with Gasteiger partial charge in [-0.05, 0) is 36.4 Å². The Labute approximate surface area is 132 Å². The number of nitrogens with one attached hydrogen (secondary N) is 1. The maximum atomic E-state index is 6.04. The van der Waals surface area contributed by atoms with Gasteiger partial charge in [0.05, 0.1) is 0 Å². The van der Waals surface area contributed by atoms with E-state index in [-0.39, 0.29) is 0 Å². The molecule has 0 aliphatic rings. The van der Waals surface area contributed by atoms with Crippen LogP contribution in [0.4, 0.5) is 5.69 Å². The Kier molecular flexibility index (Phi) is 3.60. The highest BCUT2D eigenvalue weighted by atomic mass is 79.9. The zero-order valence-corrected chi connectivity index (χ0v) is 13.8. The summed E-state index contributed by atoms with van der Waals surface area (Å²) in [6.45, 7) is 0. The Morgan fingerprint density at radius 1 is 0.947 bits per heavy atom. The smallest absolute Gasteiger partial charge is 0.0467 e. The number of halogens is 2. The molecule has 0 saturated carbocycles. The molecule has 2 aromatic carbocycles. The largest absolute Gasteiger partial charge is 0.398 e. The van der Waals surface area contributed by atoms with Gasteiger partial charge in [-0.3, -0.25) is 0 Å². The van der Waals surface area contributed by atoms with Gasteiger partial charge in [0.15, 0.2) is 0 Å². The normalized spacial score (nSPS) is 11.1. The first-order valence-electron chi connectivity index (χ1n) is 5.63. The van der Waals surface area contributed by atoms with Crippen LogP contribution in [0.5, 0.6) is 0 Å². The van der Waals surface area contributed by atoms with Gasteiger partial charge in [0, 0.05) is 41.5 Å². The molecule has 0 spiro atoms. The first kappa shape index (κ1) is 13.1. The van der Waals surface area contributed by atoms with Crippen LogP contribution in [0.25, 0.3) is 10.9 Å². The SMILES string of the molecule is Nc1cc(Br)ccc1Sc1c[nH]c2ccc(Br)cc12. The molecule has 3 aromatic rings. The van der Waals surface area contributed by atoms with E-state index in [2.05, 4.69) is 49.0 Å². The second kappa shape index (κ2) is 5.23. The fourth-order valence-corrected chi connectivity index (χ4v) is 3.57. The standard InChI is InChI=1S/C14H10Br2N2S/c15-8-1-3-12-10(5-8)14(7-18-12)19-13-4-2-9(16)6-11(13)17/h1-7,18H,17H2. The van der Waals surface area contributed by atoms with Crippen molar-refractivity contribution in [3.8, 4) is 0 Å². The van der Waals surface area contributed by atoms with Crippen LogP contribution in [0.2, 0.25) is 0 Å². The molecular weight excluding hydrogens is 388 g/mol. The van der Waals surface area contributed by atoms with Crippen LogP contribution in [-0.4, -0.2) is 4.98 Å². The van der Waals surface area contributed by atoms with Crippen LogP contribution in [-0.2, 0) is 0 Å². The van der Waals surface area contributed by atoms with E-state index in [4.69, 9.17) is 5.73 Å². The topological polar surface area (TPSA) is 41.8 Å². The average Bonchev–Trinajstić information content (AvgIpc) is 2.75. The number of anilines is 1. The highest BCUT2D eigenvalue weighted by Gasteiger charge is 2.08. The molecule has 96 valence electrons. The summed E-state index contributed by atoms with van der Waals surface area (Å²) in [5.74, 6) is 0. The lowest BCUT2D eigenvalue weighted by molar-refractivity contribution is 1.39. The van der Waals surface area contributed by atoms with E-state index in [1.54, 1.807) is 11.8 Å². The van der Waals surface area contributed by atoms with E-state index in [9.17, 15) is 0 Å². The molecule has 3 rings (SSSR count). The minimum Gasteiger partial charge on any atom is -0.398 e. The zero-order chi connectivity index (χ0) is 13.4. The van der Waals surface area contributed by atoms with E-state index >= 15 is 0 Å². The minimum atomic E-state index is 0.781. The molecule has 0 atom stereocenters. The van der Waals surface area contributed by atoms with Gasteiger partial charge < -0.3 is 10.7 Å². The van der Waals surface area contributed by atoms with E-state index in [0.717, 1.165) is 25.0 Å². The van der Waals surface area contributed by atoms with Crippen LogP contribution in [0.1, 0.15) is 0 Å². The van der Waals surface area contributed by atoms with Crippen LogP contribution in [0, 0.1) is 0 Å². The van der Waals surface area contributed by atoms with Crippen molar-refractivity contribution in [1.82, 2.24) is 4.98 Å². The van der Waals surface area contributed by atoms with Gasteiger partial charge in [0.1, 0.15) is 0 Å². The van der Waals surface area contributed by atoms with Gasteiger partial charge in [-0.1, -0.05) is 43.6 Å². The second-order valence-electron chi connectivity index (χ2n) is 4.13. The summed E-state index contributed by atoms with van der Waals surface area (Å²) < 4.78 is 2.07. The number of nitrogens with two attached hydrogens (primary N) is 1. The Hall–Kier alpha value is -0.910. The number of fused-ring (bicyclic) bond motifs is 1. The summed E-state index contributed by atoms with van der Waals surface area (Å²) in [5, 5.41) is 1.20. The van der Waals surface area contributed by atoms with E-state index in [1.165, 1.54) is 10.3 Å². The number of aromatic amines is 1. The minimum absolute atomic E-state index is 0.781. The van der Waals surface area contributed by atoms with Gasteiger partial charge in [-0.15, -0.1) is 0 Å². The zero-order valence-electron chi connectivity index (χ0n) is 9.78. The molecule has 1 aromatic heterocycles. The Bertz CT molecular complexity index is 752. The molecule has 0 fully saturated rings. The number of H-pyrrole nitrogens is 1. The van der Waals surface area contributed by atoms with Gasteiger partial charge >= 0.3 is 0 Å². The fourth-order valence-electron chi connectivity index (χ4n) is 1.88. The second-order valence-corrected chi connectivity index (χ2v) is 7.04. The Morgan fingerprint density at radius 3 is 2.47 bits per heavy atom. The monoisotopic (exact) mass is 396 g/mol. The fraction of sp³-hybridized carbons (Fsp3) is 0. The summed E-state index contributed by atoms with van der Waals surface area (Å²) in [5.41, 5.74) is 7.95. The van der Waals surface area contributed by atoms with Gasteiger partial charge in [0.2, 0.25) is 0 Å². The molecule has 5 heteroatoms. The molecule has 0 aliphatic carbocycles. The summed E-state index contributed by atoms with van der Waals surface area (Å²) in [4.78, 5) is 5.51. The third-order valence-corrected chi connectivity index (χ3v) is 4.93. The van der Waals surface area contributed by atoms with E-state index in [1.807, 2.05) is 30.5 Å². The van der Waals surface area contributed by atoms with Gasteiger partial charge in [0.25, 0.3) is 0 Å². The number of benzene rings is 2. The molecule has 0 aliphatic heterocycles. The van der Waals surface area contributed by atoms with Gasteiger partial charge in [-0.2, -0.15) is 0 Å². The van der Waals surface area contributed by atoms with Crippen molar-refractivity contribution in [1.29, 1.82) is 0 Å². The summed E-state index contributed by atoms with van der Waals surface area (Å²) in [6.07, 6.45) is 2.02. The Balaban J connectivity index is 2.03. The lowest BCUT2D eigenvalue weighted by Crippen LogP contribution is -1.87. The van der Waals surface area contributed by atoms with Crippen molar-refractivity contribution in [2.24, 2.45) is 0 Å². The molecule has 0 saturated heterocycles. The van der Waals surface area contributed by atoms with Crippen LogP contribution >= 0.6 is 43.6 Å². The van der Waals surface area contributed by atoms with Crippen LogP contribution < -0.4 is 5.73 Å². The predicted octanol–water partition coefficient (Wildman–Crippen LogP) is 5.43. The summed E-state index contributed by atoms with van der Waals surface area (Å²) in [6, 6.07) is 12.2. The van der Waals surface area contributed by atoms with Gasteiger partial charge in [-0.25, -0.2) is 0 Å². The maximum absolute atomic E-state index is 6.04. The number of hydrogen-bond acceptors (Lipinski definition) is 2. The van der Waals surface area contributed by atoms with Crippen molar-refractivity contribution in [2.45, 2.75) is 9.79 Å². The lowest BCUT2D eigenvalue weighted by atomic mass is 10.2. The molecule has 1 heterocycles. The molecule has 0 amide bonds. The average molecular weight is 398 g/mol. The van der Waals surface area contributed by atoms with Crippen molar-refractivity contribution in [3.05, 3.63) is 51.5 Å². The molecule has 3 N–H and O–H groups in total. The van der Waals surface area contributed by atoms with Crippen LogP contribution in [0.3, 0.4) is 0 Å². The lowest BCUT2D eigenvalue weighted by Gasteiger charge is -2.05. The predicted molar refractivity (Wildman–Crippen MR) is 88.7 cm³/mol. The van der Waals surface area contributed by atoms with Crippen molar-refractivity contribution in [2.75, 3.05) is 5.73 Å². The van der Waals surface area contributed by atoms with Crippen LogP contribution in [0.15, 0.2) is 61.3 Å². The maximum Gasteiger partial charge on any atom is 0.0467 e. The molecular formula is C14H10Br2N2S. The number of aromatic nitrogens is 1. The number of nitrogen functional groups attached to an aromatic ring is 1. The molecule has 2 nitrogen and oxygen atoms in total. The van der Waals surface area contributed by atoms with Crippen molar-refractivity contribution in [3.63, 3.8) is 0 Å². The molecule has 19 heavy (non-hydrogen) atoms. The number of hydrogen-bond donors (Lipinski definition) is 2. The Morgan fingerprint density at radius 2 is 1.68 bits per heavy atom. The van der Waals surface area contributed by atoms with Crippen molar-refractivity contribution >= 4 is 60.2 Å². The molecule has 0 unspecified atom stereocenters. The van der Waals surface area contributed by atoms with E-state index in [0.29, 0.717) is 0 Å². The highest BCUT2D eigenvalue weighted by Crippen LogP contribution is 2.38. The summed E-state index contributed by atoms with van der Waals surface area (Å²) >= 11 is 8.60. The molecule has 0 radical (unpaired) electrons. The third kappa shape index (κ3) is 2.68. The third-order valence-electron chi connectivity index (χ3n) is 2.80. The molecule has 0 bridgehead atoms. The summed E-state index contributed by atoms with van der Waals surface area (Å²) in [7, 11) is 0. The first-order chi connectivity index (χ1) is 9.13. The number of rotatable bonds is 2. The highest BCUT2D eigenvalue weighted by molar-refractivity contribution is 9.10. The quantitative estimate of drug-likeness (QED) is 0.566.